The molecule has 1 aliphatic heterocycles. The third-order valence-electron chi connectivity index (χ3n) is 5.33. The second-order valence-electron chi connectivity index (χ2n) is 7.64. The van der Waals surface area contributed by atoms with Gasteiger partial charge in [-0.25, -0.2) is 4.98 Å². The van der Waals surface area contributed by atoms with E-state index >= 15 is 0 Å². The van der Waals surface area contributed by atoms with Crippen LogP contribution in [0.3, 0.4) is 0 Å². The van der Waals surface area contributed by atoms with Crippen molar-refractivity contribution in [2.45, 2.75) is 26.3 Å². The van der Waals surface area contributed by atoms with E-state index in [1.165, 1.54) is 4.90 Å². The maximum absolute atomic E-state index is 13.1. The van der Waals surface area contributed by atoms with E-state index < -0.39 is 17.7 Å². The van der Waals surface area contributed by atoms with Crippen molar-refractivity contribution in [2.24, 2.45) is 0 Å². The standard InChI is InChI=1S/C26H24N2O4/c1-3-16-32-20-13-11-19(12-14-20)24(29)22-23(18-9-7-17(2)8-10-18)28(26(31)25(22)30)21-6-4-5-15-27-21/h4-15,23,29H,3,16H2,1-2H3/t23-/m1/s1. The summed E-state index contributed by atoms with van der Waals surface area (Å²) in [5.41, 5.74) is 2.23. The highest BCUT2D eigenvalue weighted by Gasteiger charge is 2.47. The highest BCUT2D eigenvalue weighted by Crippen LogP contribution is 2.41. The Labute approximate surface area is 186 Å². The van der Waals surface area contributed by atoms with Crippen molar-refractivity contribution >= 4 is 23.3 Å². The lowest BCUT2D eigenvalue weighted by atomic mass is 9.94. The number of aliphatic hydroxyl groups is 1. The van der Waals surface area contributed by atoms with Gasteiger partial charge in [0.05, 0.1) is 18.2 Å². The molecule has 6 heteroatoms. The van der Waals surface area contributed by atoms with E-state index in [-0.39, 0.29) is 11.3 Å². The van der Waals surface area contributed by atoms with Crippen LogP contribution in [0.1, 0.15) is 36.1 Å². The van der Waals surface area contributed by atoms with E-state index in [9.17, 15) is 14.7 Å². The van der Waals surface area contributed by atoms with Gasteiger partial charge in [-0.3, -0.25) is 14.5 Å². The van der Waals surface area contributed by atoms with Crippen LogP contribution >= 0.6 is 0 Å². The first-order valence-electron chi connectivity index (χ1n) is 10.5. The van der Waals surface area contributed by atoms with Crippen LogP contribution in [-0.4, -0.2) is 28.4 Å². The van der Waals surface area contributed by atoms with Gasteiger partial charge < -0.3 is 9.84 Å². The van der Waals surface area contributed by atoms with Crippen molar-refractivity contribution < 1.29 is 19.4 Å². The van der Waals surface area contributed by atoms with Gasteiger partial charge in [0.2, 0.25) is 0 Å². The molecular formula is C26H24N2O4. The monoisotopic (exact) mass is 428 g/mol. The molecule has 1 N–H and O–H groups in total. The first kappa shape index (κ1) is 21.3. The molecular weight excluding hydrogens is 404 g/mol. The van der Waals surface area contributed by atoms with Gasteiger partial charge in [0.25, 0.3) is 5.78 Å². The van der Waals surface area contributed by atoms with E-state index in [2.05, 4.69) is 4.98 Å². The first-order chi connectivity index (χ1) is 15.5. The third-order valence-corrected chi connectivity index (χ3v) is 5.33. The van der Waals surface area contributed by atoms with Crippen LogP contribution in [0.2, 0.25) is 0 Å². The van der Waals surface area contributed by atoms with Crippen molar-refractivity contribution in [2.75, 3.05) is 11.5 Å². The zero-order chi connectivity index (χ0) is 22.7. The second kappa shape index (κ2) is 9.06. The molecule has 1 fully saturated rings. The van der Waals surface area contributed by atoms with Crippen LogP contribution in [-0.2, 0) is 9.59 Å². The van der Waals surface area contributed by atoms with Gasteiger partial charge in [0, 0.05) is 11.8 Å². The van der Waals surface area contributed by atoms with E-state index in [0.717, 1.165) is 12.0 Å². The summed E-state index contributed by atoms with van der Waals surface area (Å²) in [7, 11) is 0. The lowest BCUT2D eigenvalue weighted by molar-refractivity contribution is -0.132. The van der Waals surface area contributed by atoms with Crippen molar-refractivity contribution in [3.8, 4) is 5.75 Å². The quantitative estimate of drug-likeness (QED) is 0.346. The van der Waals surface area contributed by atoms with Crippen LogP contribution < -0.4 is 9.64 Å². The number of amides is 1. The highest BCUT2D eigenvalue weighted by molar-refractivity contribution is 6.51. The molecule has 162 valence electrons. The van der Waals surface area contributed by atoms with Crippen molar-refractivity contribution in [3.05, 3.63) is 95.2 Å². The zero-order valence-electron chi connectivity index (χ0n) is 18.0. The van der Waals surface area contributed by atoms with Gasteiger partial charge in [-0.05, 0) is 55.3 Å². The largest absolute Gasteiger partial charge is 0.507 e. The molecule has 2 aromatic carbocycles. The fourth-order valence-corrected chi connectivity index (χ4v) is 3.71. The molecule has 0 aliphatic carbocycles. The van der Waals surface area contributed by atoms with E-state index in [4.69, 9.17) is 4.74 Å². The smallest absolute Gasteiger partial charge is 0.301 e. The molecule has 6 nitrogen and oxygen atoms in total. The number of carbonyl (C=O) groups is 2. The summed E-state index contributed by atoms with van der Waals surface area (Å²) in [6.45, 7) is 4.57. The number of hydrogen-bond donors (Lipinski definition) is 1. The average Bonchev–Trinajstić information content (AvgIpc) is 3.09. The molecule has 1 amide bonds. The number of hydrogen-bond acceptors (Lipinski definition) is 5. The summed E-state index contributed by atoms with van der Waals surface area (Å²) >= 11 is 0. The summed E-state index contributed by atoms with van der Waals surface area (Å²) in [5.74, 6) is -0.673. The van der Waals surface area contributed by atoms with Crippen LogP contribution in [0.5, 0.6) is 5.75 Å². The van der Waals surface area contributed by atoms with E-state index in [1.807, 2.05) is 38.1 Å². The summed E-state index contributed by atoms with van der Waals surface area (Å²) in [6.07, 6.45) is 2.45. The summed E-state index contributed by atoms with van der Waals surface area (Å²) in [4.78, 5) is 31.8. The average molecular weight is 428 g/mol. The third kappa shape index (κ3) is 3.99. The van der Waals surface area contributed by atoms with Crippen molar-refractivity contribution in [3.63, 3.8) is 0 Å². The van der Waals surface area contributed by atoms with Crippen molar-refractivity contribution in [1.82, 2.24) is 4.98 Å². The fraction of sp³-hybridized carbons (Fsp3) is 0.192. The van der Waals surface area contributed by atoms with Crippen LogP contribution in [0.25, 0.3) is 5.76 Å². The fourth-order valence-electron chi connectivity index (χ4n) is 3.71. The Hall–Kier alpha value is -3.93. The van der Waals surface area contributed by atoms with E-state index in [1.54, 1.807) is 48.7 Å². The minimum Gasteiger partial charge on any atom is -0.507 e. The molecule has 0 saturated carbocycles. The summed E-state index contributed by atoms with van der Waals surface area (Å²) in [5, 5.41) is 11.1. The number of ketones is 1. The maximum Gasteiger partial charge on any atom is 0.301 e. The van der Waals surface area contributed by atoms with Gasteiger partial charge in [-0.15, -0.1) is 0 Å². The molecule has 0 unspecified atom stereocenters. The number of Topliss-reactive ketones (excluding diaryl/α,β-unsaturated/α-hetero) is 1. The molecule has 0 bridgehead atoms. The zero-order valence-corrected chi connectivity index (χ0v) is 18.0. The number of carbonyl (C=O) groups excluding carboxylic acids is 2. The Bertz CT molecular complexity index is 1150. The minimum atomic E-state index is -0.790. The lowest BCUT2D eigenvalue weighted by Crippen LogP contribution is -2.30. The molecule has 1 aromatic heterocycles. The van der Waals surface area contributed by atoms with Crippen molar-refractivity contribution in [1.29, 1.82) is 0 Å². The Morgan fingerprint density at radius 3 is 2.38 bits per heavy atom. The molecule has 0 spiro atoms. The maximum atomic E-state index is 13.1. The Balaban J connectivity index is 1.83. The number of aromatic nitrogens is 1. The van der Waals surface area contributed by atoms with Gasteiger partial charge in [-0.2, -0.15) is 0 Å². The lowest BCUT2D eigenvalue weighted by Gasteiger charge is -2.24. The molecule has 1 saturated heterocycles. The number of benzene rings is 2. The molecule has 4 rings (SSSR count). The predicted molar refractivity (Wildman–Crippen MR) is 122 cm³/mol. The Morgan fingerprint density at radius 2 is 1.75 bits per heavy atom. The van der Waals surface area contributed by atoms with E-state index in [0.29, 0.717) is 29.3 Å². The number of aliphatic hydroxyl groups excluding tert-OH is 1. The SMILES string of the molecule is CCCOc1ccc(C(O)=C2C(=O)C(=O)N(c3ccccn3)[C@@H]2c2ccc(C)cc2)cc1. The van der Waals surface area contributed by atoms with Gasteiger partial charge in [0.1, 0.15) is 17.3 Å². The topological polar surface area (TPSA) is 79.7 Å². The number of ether oxygens (including phenoxy) is 1. The molecule has 32 heavy (non-hydrogen) atoms. The molecule has 2 heterocycles. The number of nitrogens with zero attached hydrogens (tertiary/aromatic N) is 2. The molecule has 0 radical (unpaired) electrons. The molecule has 1 atom stereocenters. The normalized spacial score (nSPS) is 17.6. The number of pyridine rings is 1. The molecule has 3 aromatic rings. The van der Waals surface area contributed by atoms with Gasteiger partial charge in [-0.1, -0.05) is 42.8 Å². The number of rotatable bonds is 6. The van der Waals surface area contributed by atoms with Crippen LogP contribution in [0, 0.1) is 6.92 Å². The summed E-state index contributed by atoms with van der Waals surface area (Å²) in [6, 6.07) is 18.7. The number of aryl methyl sites for hydroxylation is 1. The second-order valence-corrected chi connectivity index (χ2v) is 7.64. The molecule has 1 aliphatic rings. The van der Waals surface area contributed by atoms with Crippen LogP contribution in [0.15, 0.2) is 78.5 Å². The first-order valence-corrected chi connectivity index (χ1v) is 10.5. The summed E-state index contributed by atoms with van der Waals surface area (Å²) < 4.78 is 5.59. The van der Waals surface area contributed by atoms with Crippen LogP contribution in [0.4, 0.5) is 5.82 Å². The predicted octanol–water partition coefficient (Wildman–Crippen LogP) is 4.81. The van der Waals surface area contributed by atoms with Gasteiger partial charge >= 0.3 is 5.91 Å². The Kier molecular flexibility index (Phi) is 6.03. The number of anilines is 1. The minimum absolute atomic E-state index is 0.0340. The van der Waals surface area contributed by atoms with Gasteiger partial charge in [0.15, 0.2) is 0 Å². The Morgan fingerprint density at radius 1 is 1.03 bits per heavy atom. The highest BCUT2D eigenvalue weighted by atomic mass is 16.5.